The number of benzene rings is 3. The summed E-state index contributed by atoms with van der Waals surface area (Å²) in [5.41, 5.74) is 7.06. The first-order valence-corrected chi connectivity index (χ1v) is 18.9. The molecule has 0 bridgehead atoms. The molecule has 4 N–H and O–H groups in total. The molecule has 0 aromatic heterocycles. The van der Waals surface area contributed by atoms with Gasteiger partial charge in [-0.3, -0.25) is 19.5 Å². The van der Waals surface area contributed by atoms with Crippen molar-refractivity contribution in [3.05, 3.63) is 92.8 Å². The van der Waals surface area contributed by atoms with Crippen LogP contribution in [-0.2, 0) is 4.79 Å². The smallest absolute Gasteiger partial charge is 0.333 e. The second-order valence-electron chi connectivity index (χ2n) is 12.5. The van der Waals surface area contributed by atoms with Crippen molar-refractivity contribution >= 4 is 43.1 Å². The minimum atomic E-state index is -2.52. The van der Waals surface area contributed by atoms with E-state index in [0.717, 1.165) is 27.2 Å². The summed E-state index contributed by atoms with van der Waals surface area (Å²) in [4.78, 5) is 57.9. The Labute approximate surface area is 278 Å². The zero-order valence-electron chi connectivity index (χ0n) is 26.6. The van der Waals surface area contributed by atoms with E-state index in [0.29, 0.717) is 34.4 Å². The van der Waals surface area contributed by atoms with E-state index >= 15 is 0 Å². The molecule has 6 rings (SSSR count). The number of rotatable bonds is 9. The van der Waals surface area contributed by atoms with E-state index in [1.165, 1.54) is 0 Å². The van der Waals surface area contributed by atoms with Gasteiger partial charge in [0, 0.05) is 45.9 Å². The summed E-state index contributed by atoms with van der Waals surface area (Å²) in [7, 11) is -0.930. The van der Waals surface area contributed by atoms with Crippen molar-refractivity contribution in [2.24, 2.45) is 4.99 Å². The second-order valence-corrected chi connectivity index (χ2v) is 16.9. The van der Waals surface area contributed by atoms with Gasteiger partial charge in [-0.2, -0.15) is 0 Å². The predicted octanol–water partition coefficient (Wildman–Crippen LogP) is 3.49. The lowest BCUT2D eigenvalue weighted by Crippen LogP contribution is -2.46. The average Bonchev–Trinajstić information content (AvgIpc) is 3.56. The molecule has 0 aliphatic carbocycles. The summed E-state index contributed by atoms with van der Waals surface area (Å²) in [6.07, 6.45) is -1.23. The van der Waals surface area contributed by atoms with Gasteiger partial charge in [0.2, 0.25) is 5.91 Å². The summed E-state index contributed by atoms with van der Waals surface area (Å²) in [6, 6.07) is 17.4. The first-order valence-electron chi connectivity index (χ1n) is 15.5. The standard InChI is InChI=1S/C33H37ClN6O6Si/c1-19-38-40(43)33-26(37-31(20-5-8-22(34)9-6-20)24-16-23(45-2)10-11-27(24)39(19)33)17-30(41)35-13-14-36-32(42)21-7-12-28-25(15-21)29(18-46-28)47(3,4)44/h5-12,15-16,19,26,29,33,44H,13-14,17-18H2,1-4H3,(H2-,35,36,38,41,42,43)/p+1. The zero-order valence-corrected chi connectivity index (χ0v) is 28.4. The number of halogens is 1. The van der Waals surface area contributed by atoms with Gasteiger partial charge in [-0.15, -0.1) is 5.43 Å². The third-order valence-electron chi connectivity index (χ3n) is 8.78. The number of carbonyl (C=O) groups excluding carboxylic acids is 2. The highest BCUT2D eigenvalue weighted by molar-refractivity contribution is 6.71. The van der Waals surface area contributed by atoms with Crippen LogP contribution < -0.4 is 30.4 Å². The Kier molecular flexibility index (Phi) is 8.96. The summed E-state index contributed by atoms with van der Waals surface area (Å²) in [5.74, 6) is 0.722. The van der Waals surface area contributed by atoms with Gasteiger partial charge in [-0.25, -0.2) is 0 Å². The number of amides is 2. The maximum atomic E-state index is 13.3. The van der Waals surface area contributed by atoms with Crippen LogP contribution in [0.25, 0.3) is 0 Å². The van der Waals surface area contributed by atoms with Crippen molar-refractivity contribution in [1.29, 1.82) is 0 Å². The van der Waals surface area contributed by atoms with Gasteiger partial charge >= 0.3 is 6.17 Å². The molecule has 2 amide bonds. The summed E-state index contributed by atoms with van der Waals surface area (Å²) in [6.45, 7) is 6.38. The van der Waals surface area contributed by atoms with Gasteiger partial charge < -0.3 is 24.9 Å². The fourth-order valence-electron chi connectivity index (χ4n) is 6.39. The number of hydrazine groups is 1. The van der Waals surface area contributed by atoms with Gasteiger partial charge in [0.1, 0.15) is 22.4 Å². The number of nitroso groups, excluding NO2 is 1. The Bertz CT molecular complexity index is 1750. The van der Waals surface area contributed by atoms with Crippen molar-refractivity contribution in [3.8, 4) is 11.5 Å². The van der Waals surface area contributed by atoms with E-state index in [2.05, 4.69) is 16.1 Å². The Hall–Kier alpha value is -4.46. The molecule has 0 saturated carbocycles. The fourth-order valence-corrected chi connectivity index (χ4v) is 7.99. The monoisotopic (exact) mass is 677 g/mol. The number of nitrogens with zero attached hydrogens (tertiary/aromatic N) is 3. The fraction of sp³-hybridized carbons (Fsp3) is 0.364. The molecule has 0 radical (unpaired) electrons. The number of nitrogens with one attached hydrogen (secondary N) is 3. The van der Waals surface area contributed by atoms with Crippen LogP contribution in [0.5, 0.6) is 11.5 Å². The first kappa shape index (κ1) is 32.5. The van der Waals surface area contributed by atoms with E-state index in [1.807, 2.05) is 55.2 Å². The van der Waals surface area contributed by atoms with Gasteiger partial charge in [0.25, 0.3) is 5.91 Å². The molecular weight excluding hydrogens is 640 g/mol. The topological polar surface area (TPSA) is 145 Å². The average molecular weight is 678 g/mol. The number of ether oxygens (including phenoxy) is 2. The highest BCUT2D eigenvalue weighted by atomic mass is 35.5. The molecule has 3 aromatic rings. The molecule has 3 aliphatic rings. The van der Waals surface area contributed by atoms with E-state index in [4.69, 9.17) is 26.1 Å². The van der Waals surface area contributed by atoms with Gasteiger partial charge in [-0.05, 0) is 68.5 Å². The summed E-state index contributed by atoms with van der Waals surface area (Å²) in [5, 5.41) is 6.29. The number of hydrogen-bond acceptors (Lipinski definition) is 8. The van der Waals surface area contributed by atoms with Crippen LogP contribution in [0, 0.1) is 4.91 Å². The normalized spacial score (nSPS) is 21.4. The SMILES string of the molecule is COc1ccc2c(c1)C(c1ccc(Cl)cc1)=NC(CC(=O)NCCNC(=O)c1ccc3c(c1)C([Si](C)(C)O)CO3)C1N2C(C)N[N+]1=O. The number of anilines is 1. The molecule has 0 spiro atoms. The molecule has 14 heteroatoms. The molecule has 1 saturated heterocycles. The zero-order chi connectivity index (χ0) is 33.5. The quantitative estimate of drug-likeness (QED) is 0.153. The molecular formula is C33H38ClN6O6Si+. The van der Waals surface area contributed by atoms with Crippen LogP contribution in [0.15, 0.2) is 65.7 Å². The Morgan fingerprint density at radius 3 is 2.60 bits per heavy atom. The van der Waals surface area contributed by atoms with Crippen molar-refractivity contribution in [1.82, 2.24) is 16.1 Å². The number of carbonyl (C=O) groups is 2. The minimum absolute atomic E-state index is 0.0719. The second kappa shape index (κ2) is 13.0. The van der Waals surface area contributed by atoms with E-state index in [9.17, 15) is 19.3 Å². The van der Waals surface area contributed by atoms with Crippen LogP contribution >= 0.6 is 11.6 Å². The van der Waals surface area contributed by atoms with Gasteiger partial charge in [-0.1, -0.05) is 23.7 Å². The van der Waals surface area contributed by atoms with E-state index in [1.54, 1.807) is 37.4 Å². The van der Waals surface area contributed by atoms with Crippen LogP contribution in [0.3, 0.4) is 0 Å². The number of methoxy groups -OCH3 is 1. The van der Waals surface area contributed by atoms with Crippen LogP contribution in [0.2, 0.25) is 18.1 Å². The third kappa shape index (κ3) is 6.55. The molecule has 3 aromatic carbocycles. The van der Waals surface area contributed by atoms with Crippen LogP contribution in [0.1, 0.15) is 45.9 Å². The lowest BCUT2D eigenvalue weighted by Gasteiger charge is -2.24. The van der Waals surface area contributed by atoms with E-state index < -0.39 is 20.5 Å². The summed E-state index contributed by atoms with van der Waals surface area (Å²) < 4.78 is 11.2. The maximum Gasteiger partial charge on any atom is 0.333 e. The van der Waals surface area contributed by atoms with Crippen molar-refractivity contribution < 1.29 is 28.7 Å². The molecule has 246 valence electrons. The lowest BCUT2D eigenvalue weighted by atomic mass is 9.99. The van der Waals surface area contributed by atoms with Crippen molar-refractivity contribution in [2.45, 2.75) is 50.4 Å². The van der Waals surface area contributed by atoms with Gasteiger partial charge in [0.15, 0.2) is 14.5 Å². The van der Waals surface area contributed by atoms with Crippen LogP contribution in [0.4, 0.5) is 5.69 Å². The predicted molar refractivity (Wildman–Crippen MR) is 181 cm³/mol. The number of hydrogen-bond donors (Lipinski definition) is 4. The lowest BCUT2D eigenvalue weighted by molar-refractivity contribution is -0.622. The summed E-state index contributed by atoms with van der Waals surface area (Å²) >= 11 is 6.19. The van der Waals surface area contributed by atoms with Gasteiger partial charge in [0.05, 0.1) is 36.4 Å². The first-order chi connectivity index (χ1) is 22.4. The molecule has 4 unspecified atom stereocenters. The largest absolute Gasteiger partial charge is 0.497 e. The third-order valence-corrected chi connectivity index (χ3v) is 11.2. The highest BCUT2D eigenvalue weighted by Crippen LogP contribution is 2.39. The molecule has 3 heterocycles. The van der Waals surface area contributed by atoms with Crippen LogP contribution in [-0.4, -0.2) is 80.7 Å². The Balaban J connectivity index is 1.17. The minimum Gasteiger partial charge on any atom is -0.497 e. The van der Waals surface area contributed by atoms with Crippen molar-refractivity contribution in [3.63, 3.8) is 0 Å². The van der Waals surface area contributed by atoms with E-state index in [-0.39, 0.29) is 43.0 Å². The molecule has 3 aliphatic heterocycles. The number of aliphatic imine (C=N–C) groups is 1. The Morgan fingerprint density at radius 1 is 1.13 bits per heavy atom. The number of fused-ring (bicyclic) bond motifs is 4. The molecule has 1 fully saturated rings. The molecule has 12 nitrogen and oxygen atoms in total. The molecule has 47 heavy (non-hydrogen) atoms. The molecule has 4 atom stereocenters. The Morgan fingerprint density at radius 2 is 1.87 bits per heavy atom. The maximum absolute atomic E-state index is 13.3. The van der Waals surface area contributed by atoms with Crippen molar-refractivity contribution in [2.75, 3.05) is 31.7 Å². The highest BCUT2D eigenvalue weighted by Gasteiger charge is 2.53.